The first-order valence-electron chi connectivity index (χ1n) is 4.98. The van der Waals surface area contributed by atoms with Crippen molar-refractivity contribution in [1.82, 2.24) is 0 Å². The van der Waals surface area contributed by atoms with Gasteiger partial charge in [0.25, 0.3) is 4.34 Å². The van der Waals surface area contributed by atoms with Crippen LogP contribution in [-0.4, -0.2) is 16.8 Å². The van der Waals surface area contributed by atoms with Crippen LogP contribution in [-0.2, 0) is 11.3 Å². The SMILES string of the molecule is Br.CC[n+]1c(SCC(=O)O)sc2ccccc21. The molecular formula is C11H13BrNO2S2+. The summed E-state index contributed by atoms with van der Waals surface area (Å²) in [6.07, 6.45) is 0. The van der Waals surface area contributed by atoms with Gasteiger partial charge in [0.1, 0.15) is 17.0 Å². The largest absolute Gasteiger partial charge is 0.481 e. The number of aromatic nitrogens is 1. The Morgan fingerprint density at radius 2 is 2.18 bits per heavy atom. The van der Waals surface area contributed by atoms with Gasteiger partial charge in [-0.05, 0) is 24.8 Å². The van der Waals surface area contributed by atoms with E-state index in [0.29, 0.717) is 0 Å². The molecule has 1 aromatic heterocycles. The summed E-state index contributed by atoms with van der Waals surface area (Å²) >= 11 is 3.04. The molecule has 1 heterocycles. The van der Waals surface area contributed by atoms with E-state index in [1.54, 1.807) is 11.3 Å². The number of rotatable bonds is 4. The molecule has 6 heteroatoms. The topological polar surface area (TPSA) is 41.2 Å². The number of carboxylic acids is 1. The Morgan fingerprint density at radius 3 is 2.82 bits per heavy atom. The van der Waals surface area contributed by atoms with Crippen LogP contribution in [0.25, 0.3) is 10.2 Å². The molecule has 0 atom stereocenters. The molecule has 0 fully saturated rings. The van der Waals surface area contributed by atoms with Crippen LogP contribution in [0, 0.1) is 0 Å². The summed E-state index contributed by atoms with van der Waals surface area (Å²) in [5.74, 6) is -0.655. The van der Waals surface area contributed by atoms with Crippen LogP contribution in [0.15, 0.2) is 28.6 Å². The van der Waals surface area contributed by atoms with Crippen LogP contribution in [0.4, 0.5) is 0 Å². The zero-order valence-corrected chi connectivity index (χ0v) is 12.6. The standard InChI is InChI=1S/C11H11NO2S2.BrH/c1-2-12-8-5-3-4-6-9(8)16-11(12)15-7-10(13)14;/h3-6H,2,7H2,1H3;1H/p+1. The van der Waals surface area contributed by atoms with Crippen LogP contribution in [0.5, 0.6) is 0 Å². The first-order valence-corrected chi connectivity index (χ1v) is 6.78. The molecule has 0 spiro atoms. The average Bonchev–Trinajstić information content (AvgIpc) is 2.63. The maximum Gasteiger partial charge on any atom is 0.314 e. The second-order valence-corrected chi connectivity index (χ2v) is 5.52. The van der Waals surface area contributed by atoms with E-state index in [4.69, 9.17) is 5.11 Å². The lowest BCUT2D eigenvalue weighted by Gasteiger charge is -1.93. The fourth-order valence-electron chi connectivity index (χ4n) is 1.54. The Labute approximate surface area is 118 Å². The van der Waals surface area contributed by atoms with Crippen molar-refractivity contribution in [2.75, 3.05) is 5.75 Å². The van der Waals surface area contributed by atoms with Crippen molar-refractivity contribution in [1.29, 1.82) is 0 Å². The highest BCUT2D eigenvalue weighted by Crippen LogP contribution is 2.27. The second kappa shape index (κ2) is 6.37. The van der Waals surface area contributed by atoms with Gasteiger partial charge in [-0.3, -0.25) is 4.79 Å². The molecule has 0 saturated heterocycles. The summed E-state index contributed by atoms with van der Waals surface area (Å²) in [5.41, 5.74) is 1.18. The fourth-order valence-corrected chi connectivity index (χ4v) is 3.81. The zero-order valence-electron chi connectivity index (χ0n) is 9.25. The van der Waals surface area contributed by atoms with Crippen molar-refractivity contribution in [2.24, 2.45) is 0 Å². The van der Waals surface area contributed by atoms with Gasteiger partial charge in [-0.15, -0.1) is 17.0 Å². The lowest BCUT2D eigenvalue weighted by atomic mass is 10.3. The smallest absolute Gasteiger partial charge is 0.314 e. The Kier molecular flexibility index (Phi) is 5.42. The van der Waals surface area contributed by atoms with Crippen LogP contribution < -0.4 is 4.57 Å². The van der Waals surface area contributed by atoms with Crippen molar-refractivity contribution in [3.8, 4) is 0 Å². The maximum absolute atomic E-state index is 10.6. The second-order valence-electron chi connectivity index (χ2n) is 3.26. The minimum atomic E-state index is -0.773. The number of nitrogens with zero attached hydrogens (tertiary/aromatic N) is 1. The number of thioether (sulfide) groups is 1. The van der Waals surface area contributed by atoms with Crippen LogP contribution >= 0.6 is 40.1 Å². The predicted octanol–water partition coefficient (Wildman–Crippen LogP) is 2.96. The quantitative estimate of drug-likeness (QED) is 0.690. The summed E-state index contributed by atoms with van der Waals surface area (Å²) < 4.78 is 4.43. The minimum absolute atomic E-state index is 0. The molecule has 0 aliphatic heterocycles. The van der Waals surface area contributed by atoms with Gasteiger partial charge in [0.05, 0.1) is 0 Å². The Morgan fingerprint density at radius 1 is 1.47 bits per heavy atom. The molecule has 92 valence electrons. The maximum atomic E-state index is 10.6. The van der Waals surface area contributed by atoms with Gasteiger partial charge >= 0.3 is 5.97 Å². The lowest BCUT2D eigenvalue weighted by molar-refractivity contribution is -0.698. The van der Waals surface area contributed by atoms with E-state index >= 15 is 0 Å². The number of aryl methyl sites for hydroxylation is 1. The Bertz CT molecular complexity index is 527. The third-order valence-corrected chi connectivity index (χ3v) is 4.63. The highest BCUT2D eigenvalue weighted by Gasteiger charge is 2.19. The highest BCUT2D eigenvalue weighted by molar-refractivity contribution is 8.93. The van der Waals surface area contributed by atoms with Crippen molar-refractivity contribution < 1.29 is 14.5 Å². The van der Waals surface area contributed by atoms with Crippen molar-refractivity contribution in [2.45, 2.75) is 17.8 Å². The number of aliphatic carboxylic acids is 1. The van der Waals surface area contributed by atoms with E-state index in [2.05, 4.69) is 23.6 Å². The first kappa shape index (κ1) is 14.5. The molecule has 0 aliphatic rings. The minimum Gasteiger partial charge on any atom is -0.481 e. The molecule has 1 N–H and O–H groups in total. The Balaban J connectivity index is 0.00000144. The van der Waals surface area contributed by atoms with Crippen LogP contribution in [0.2, 0.25) is 0 Å². The third-order valence-electron chi connectivity index (χ3n) is 2.21. The normalized spacial score (nSPS) is 10.2. The Hall–Kier alpha value is -0.590. The number of halogens is 1. The predicted molar refractivity (Wildman–Crippen MR) is 76.4 cm³/mol. The molecule has 2 rings (SSSR count). The molecule has 0 amide bonds. The monoisotopic (exact) mass is 334 g/mol. The number of benzene rings is 1. The molecule has 0 saturated carbocycles. The molecule has 17 heavy (non-hydrogen) atoms. The molecular weight excluding hydrogens is 322 g/mol. The number of thiazole rings is 1. The number of carboxylic acid groups (broad SMARTS) is 1. The van der Waals surface area contributed by atoms with E-state index in [1.807, 2.05) is 12.1 Å². The van der Waals surface area contributed by atoms with Gasteiger partial charge in [0.2, 0.25) is 5.52 Å². The summed E-state index contributed by atoms with van der Waals surface area (Å²) in [6.45, 7) is 2.94. The molecule has 0 unspecified atom stereocenters. The fraction of sp³-hybridized carbons (Fsp3) is 0.273. The molecule has 3 nitrogen and oxygen atoms in total. The van der Waals surface area contributed by atoms with Gasteiger partial charge in [-0.2, -0.15) is 4.57 Å². The van der Waals surface area contributed by atoms with Crippen molar-refractivity contribution in [3.05, 3.63) is 24.3 Å². The number of carbonyl (C=O) groups is 1. The van der Waals surface area contributed by atoms with E-state index in [0.717, 1.165) is 10.9 Å². The van der Waals surface area contributed by atoms with E-state index in [1.165, 1.54) is 22.0 Å². The van der Waals surface area contributed by atoms with E-state index < -0.39 is 5.97 Å². The number of fused-ring (bicyclic) bond motifs is 1. The zero-order chi connectivity index (χ0) is 11.5. The van der Waals surface area contributed by atoms with Gasteiger partial charge in [-0.1, -0.05) is 23.5 Å². The van der Waals surface area contributed by atoms with Gasteiger partial charge < -0.3 is 5.11 Å². The summed E-state index contributed by atoms with van der Waals surface area (Å²) in [5, 5.41) is 8.69. The van der Waals surface area contributed by atoms with Gasteiger partial charge in [-0.25, -0.2) is 0 Å². The first-order chi connectivity index (χ1) is 7.72. The van der Waals surface area contributed by atoms with Gasteiger partial charge in [0.15, 0.2) is 0 Å². The number of hydrogen-bond donors (Lipinski definition) is 1. The lowest BCUT2D eigenvalue weighted by Crippen LogP contribution is -2.32. The number of para-hydroxylation sites is 1. The van der Waals surface area contributed by atoms with Crippen LogP contribution in [0.3, 0.4) is 0 Å². The summed E-state index contributed by atoms with van der Waals surface area (Å²) in [7, 11) is 0. The third kappa shape index (κ3) is 3.20. The van der Waals surface area contributed by atoms with Crippen LogP contribution in [0.1, 0.15) is 6.92 Å². The van der Waals surface area contributed by atoms with Gasteiger partial charge in [0, 0.05) is 6.07 Å². The van der Waals surface area contributed by atoms with E-state index in [9.17, 15) is 4.79 Å². The molecule has 1 aromatic carbocycles. The molecule has 0 radical (unpaired) electrons. The molecule has 0 aliphatic carbocycles. The average molecular weight is 335 g/mol. The highest BCUT2D eigenvalue weighted by atomic mass is 79.9. The summed E-state index contributed by atoms with van der Waals surface area (Å²) in [6, 6.07) is 8.15. The molecule has 2 aromatic rings. The summed E-state index contributed by atoms with van der Waals surface area (Å²) in [4.78, 5) is 10.6. The molecule has 0 bridgehead atoms. The van der Waals surface area contributed by atoms with E-state index in [-0.39, 0.29) is 22.7 Å². The number of hydrogen-bond acceptors (Lipinski definition) is 3. The van der Waals surface area contributed by atoms with Crippen molar-refractivity contribution >= 4 is 56.3 Å². The van der Waals surface area contributed by atoms with Crippen molar-refractivity contribution in [3.63, 3.8) is 0 Å².